The van der Waals surface area contributed by atoms with Crippen LogP contribution in [-0.2, 0) is 13.0 Å². The molecule has 21 heavy (non-hydrogen) atoms. The van der Waals surface area contributed by atoms with Gasteiger partial charge in [-0.2, -0.15) is 0 Å². The lowest BCUT2D eigenvalue weighted by Gasteiger charge is -2.29. The molecular weight excluding hydrogens is 264 g/mol. The summed E-state index contributed by atoms with van der Waals surface area (Å²) in [4.78, 5) is 14.4. The molecule has 0 saturated heterocycles. The Balaban J connectivity index is 1.86. The fourth-order valence-corrected chi connectivity index (χ4v) is 2.84. The quantitative estimate of drug-likeness (QED) is 0.790. The Hall–Kier alpha value is -2.49. The van der Waals surface area contributed by atoms with Crippen molar-refractivity contribution in [2.75, 3.05) is 12.3 Å². The van der Waals surface area contributed by atoms with Gasteiger partial charge in [0.05, 0.1) is 0 Å². The third kappa shape index (κ3) is 2.70. The molecule has 1 heterocycles. The smallest absolute Gasteiger partial charge is 0.254 e. The highest BCUT2D eigenvalue weighted by Gasteiger charge is 2.22. The largest absolute Gasteiger partial charge is 0.508 e. The predicted molar refractivity (Wildman–Crippen MR) is 82.1 cm³/mol. The molecule has 1 aliphatic rings. The van der Waals surface area contributed by atoms with Gasteiger partial charge < -0.3 is 15.7 Å². The second-order valence-electron chi connectivity index (χ2n) is 5.56. The molecule has 0 atom stereocenters. The van der Waals surface area contributed by atoms with Crippen LogP contribution in [0.1, 0.15) is 27.0 Å². The Labute approximate surface area is 123 Å². The number of nitrogens with zero attached hydrogens (tertiary/aromatic N) is 1. The van der Waals surface area contributed by atoms with Crippen LogP contribution in [0.5, 0.6) is 5.75 Å². The second kappa shape index (κ2) is 5.13. The highest BCUT2D eigenvalue weighted by atomic mass is 16.3. The Morgan fingerprint density at radius 2 is 2.00 bits per heavy atom. The van der Waals surface area contributed by atoms with E-state index in [1.54, 1.807) is 23.1 Å². The zero-order valence-electron chi connectivity index (χ0n) is 12.0. The molecule has 3 rings (SSSR count). The minimum absolute atomic E-state index is 0.0145. The zero-order chi connectivity index (χ0) is 15.0. The average Bonchev–Trinajstić information content (AvgIpc) is 2.44. The molecule has 0 aliphatic carbocycles. The van der Waals surface area contributed by atoms with Crippen LogP contribution in [0.4, 0.5) is 5.69 Å². The number of aromatic hydroxyl groups is 1. The van der Waals surface area contributed by atoms with E-state index in [-0.39, 0.29) is 11.7 Å². The number of hydrogen-bond acceptors (Lipinski definition) is 3. The average molecular weight is 282 g/mol. The molecule has 0 bridgehead atoms. The van der Waals surface area contributed by atoms with Crippen molar-refractivity contribution in [3.8, 4) is 5.75 Å². The number of fused-ring (bicyclic) bond motifs is 1. The molecule has 3 N–H and O–H groups in total. The zero-order valence-corrected chi connectivity index (χ0v) is 12.0. The van der Waals surface area contributed by atoms with Gasteiger partial charge in [0.15, 0.2) is 0 Å². The summed E-state index contributed by atoms with van der Waals surface area (Å²) in [5, 5.41) is 9.58. The van der Waals surface area contributed by atoms with Gasteiger partial charge in [0.2, 0.25) is 0 Å². The lowest BCUT2D eigenvalue weighted by Crippen LogP contribution is -2.36. The van der Waals surface area contributed by atoms with Crippen LogP contribution in [0.25, 0.3) is 0 Å². The number of hydrogen-bond donors (Lipinski definition) is 2. The maximum absolute atomic E-state index is 12.6. The highest BCUT2D eigenvalue weighted by molar-refractivity contribution is 5.95. The van der Waals surface area contributed by atoms with Gasteiger partial charge in [0.25, 0.3) is 5.91 Å². The van der Waals surface area contributed by atoms with Gasteiger partial charge in [-0.15, -0.1) is 0 Å². The lowest BCUT2D eigenvalue weighted by atomic mass is 9.98. The van der Waals surface area contributed by atoms with Gasteiger partial charge in [0, 0.05) is 24.3 Å². The third-order valence-corrected chi connectivity index (χ3v) is 3.84. The Morgan fingerprint density at radius 1 is 1.19 bits per heavy atom. The van der Waals surface area contributed by atoms with E-state index in [0.717, 1.165) is 17.5 Å². The number of carbonyl (C=O) groups is 1. The summed E-state index contributed by atoms with van der Waals surface area (Å²) in [7, 11) is 0. The Kier molecular flexibility index (Phi) is 3.29. The van der Waals surface area contributed by atoms with E-state index >= 15 is 0 Å². The van der Waals surface area contributed by atoms with Crippen LogP contribution in [-0.4, -0.2) is 22.5 Å². The molecule has 2 aromatic carbocycles. The first-order chi connectivity index (χ1) is 10.0. The van der Waals surface area contributed by atoms with Gasteiger partial charge in [0.1, 0.15) is 5.75 Å². The van der Waals surface area contributed by atoms with Gasteiger partial charge in [-0.25, -0.2) is 0 Å². The van der Waals surface area contributed by atoms with Gasteiger partial charge >= 0.3 is 0 Å². The molecule has 2 aromatic rings. The molecule has 0 spiro atoms. The molecule has 1 amide bonds. The van der Waals surface area contributed by atoms with Gasteiger partial charge in [-0.05, 0) is 60.4 Å². The summed E-state index contributed by atoms with van der Waals surface area (Å²) in [5.74, 6) is 0.224. The number of aryl methyl sites for hydroxylation is 1. The minimum Gasteiger partial charge on any atom is -0.508 e. The number of rotatable bonds is 1. The van der Waals surface area contributed by atoms with Crippen molar-refractivity contribution in [2.24, 2.45) is 0 Å². The van der Waals surface area contributed by atoms with E-state index in [0.29, 0.717) is 24.3 Å². The molecule has 1 aliphatic heterocycles. The van der Waals surface area contributed by atoms with E-state index < -0.39 is 0 Å². The second-order valence-corrected chi connectivity index (χ2v) is 5.56. The van der Waals surface area contributed by atoms with Crippen LogP contribution in [0, 0.1) is 6.92 Å². The fourth-order valence-electron chi connectivity index (χ4n) is 2.84. The summed E-state index contributed by atoms with van der Waals surface area (Å²) < 4.78 is 0. The first kappa shape index (κ1) is 13.5. The van der Waals surface area contributed by atoms with Gasteiger partial charge in [-0.3, -0.25) is 4.79 Å². The molecule has 0 radical (unpaired) electrons. The minimum atomic E-state index is -0.0145. The summed E-state index contributed by atoms with van der Waals surface area (Å²) in [5.41, 5.74) is 10.2. The van der Waals surface area contributed by atoms with Gasteiger partial charge in [-0.1, -0.05) is 6.07 Å². The van der Waals surface area contributed by atoms with Crippen molar-refractivity contribution in [2.45, 2.75) is 19.9 Å². The molecule has 0 saturated carbocycles. The summed E-state index contributed by atoms with van der Waals surface area (Å²) in [6, 6.07) is 10.8. The number of nitrogen functional groups attached to an aromatic ring is 1. The number of anilines is 1. The molecule has 0 unspecified atom stereocenters. The topological polar surface area (TPSA) is 66.6 Å². The number of benzene rings is 2. The predicted octanol–water partition coefficient (Wildman–Crippen LogP) is 2.48. The van der Waals surface area contributed by atoms with Crippen molar-refractivity contribution in [3.05, 3.63) is 58.7 Å². The van der Waals surface area contributed by atoms with Crippen LogP contribution >= 0.6 is 0 Å². The number of phenolic OH excluding ortho intramolecular Hbond substituents is 1. The van der Waals surface area contributed by atoms with E-state index in [1.165, 1.54) is 5.56 Å². The molecular formula is C17H18N2O2. The monoisotopic (exact) mass is 282 g/mol. The standard InChI is InChI=1S/C17H18N2O2/c1-11-6-13(8-15(18)7-11)17(21)19-5-4-12-2-3-16(20)9-14(12)10-19/h2-3,6-9,20H,4-5,10,18H2,1H3. The maximum Gasteiger partial charge on any atom is 0.254 e. The molecule has 0 aromatic heterocycles. The third-order valence-electron chi connectivity index (χ3n) is 3.84. The fraction of sp³-hybridized carbons (Fsp3) is 0.235. The number of phenols is 1. The summed E-state index contributed by atoms with van der Waals surface area (Å²) in [6.45, 7) is 3.14. The number of carbonyl (C=O) groups excluding carboxylic acids is 1. The number of amides is 1. The van der Waals surface area contributed by atoms with E-state index in [2.05, 4.69) is 0 Å². The first-order valence-corrected chi connectivity index (χ1v) is 7.00. The summed E-state index contributed by atoms with van der Waals surface area (Å²) in [6.07, 6.45) is 0.808. The Morgan fingerprint density at radius 3 is 2.76 bits per heavy atom. The molecule has 0 fully saturated rings. The Bertz CT molecular complexity index is 690. The van der Waals surface area contributed by atoms with Crippen LogP contribution in [0.15, 0.2) is 36.4 Å². The number of nitrogens with two attached hydrogens (primary N) is 1. The molecule has 4 heteroatoms. The normalized spacial score (nSPS) is 13.9. The van der Waals surface area contributed by atoms with E-state index in [4.69, 9.17) is 5.73 Å². The van der Waals surface area contributed by atoms with Crippen molar-refractivity contribution in [3.63, 3.8) is 0 Å². The van der Waals surface area contributed by atoms with Crippen molar-refractivity contribution in [1.29, 1.82) is 0 Å². The summed E-state index contributed by atoms with van der Waals surface area (Å²) >= 11 is 0. The highest BCUT2D eigenvalue weighted by Crippen LogP contribution is 2.24. The molecule has 108 valence electrons. The maximum atomic E-state index is 12.6. The van der Waals surface area contributed by atoms with E-state index in [9.17, 15) is 9.90 Å². The van der Waals surface area contributed by atoms with Crippen LogP contribution < -0.4 is 5.73 Å². The van der Waals surface area contributed by atoms with Crippen molar-refractivity contribution < 1.29 is 9.90 Å². The van der Waals surface area contributed by atoms with Crippen LogP contribution in [0.3, 0.4) is 0 Å². The van der Waals surface area contributed by atoms with Crippen molar-refractivity contribution >= 4 is 11.6 Å². The first-order valence-electron chi connectivity index (χ1n) is 7.00. The SMILES string of the molecule is Cc1cc(N)cc(C(=O)N2CCc3ccc(O)cc3C2)c1. The van der Waals surface area contributed by atoms with Crippen LogP contribution in [0.2, 0.25) is 0 Å². The molecule has 4 nitrogen and oxygen atoms in total. The lowest BCUT2D eigenvalue weighted by molar-refractivity contribution is 0.0734. The van der Waals surface area contributed by atoms with E-state index in [1.807, 2.05) is 25.1 Å². The van der Waals surface area contributed by atoms with Crippen molar-refractivity contribution in [1.82, 2.24) is 4.90 Å².